The summed E-state index contributed by atoms with van der Waals surface area (Å²) >= 11 is 2.23. The molecule has 1 aromatic carbocycles. The molecule has 0 unspecified atom stereocenters. The third kappa shape index (κ3) is 1.89. The highest BCUT2D eigenvalue weighted by Gasteiger charge is 2.16. The first-order valence-electron chi connectivity index (χ1n) is 4.10. The Morgan fingerprint density at radius 3 is 2.00 bits per heavy atom. The zero-order valence-corrected chi connectivity index (χ0v) is 10.8. The van der Waals surface area contributed by atoms with E-state index in [0.29, 0.717) is 11.5 Å². The Bertz CT molecular complexity index is 337. The zero-order valence-electron chi connectivity index (χ0n) is 8.68. The van der Waals surface area contributed by atoms with Crippen LogP contribution in [0, 0.1) is 10.5 Å². The van der Waals surface area contributed by atoms with E-state index >= 15 is 0 Å². The third-order valence-corrected chi connectivity index (χ3v) is 3.29. The number of hydrogen-bond acceptors (Lipinski definition) is 3. The van der Waals surface area contributed by atoms with Crippen LogP contribution in [0.15, 0.2) is 6.07 Å². The van der Waals surface area contributed by atoms with Crippen molar-refractivity contribution in [2.24, 2.45) is 0 Å². The van der Waals surface area contributed by atoms with E-state index in [2.05, 4.69) is 22.6 Å². The van der Waals surface area contributed by atoms with Crippen molar-refractivity contribution in [2.75, 3.05) is 21.3 Å². The van der Waals surface area contributed by atoms with Crippen LogP contribution in [0.3, 0.4) is 0 Å². The highest BCUT2D eigenvalue weighted by molar-refractivity contribution is 14.1. The quantitative estimate of drug-likeness (QED) is 0.804. The fourth-order valence-corrected chi connectivity index (χ4v) is 1.86. The van der Waals surface area contributed by atoms with Crippen molar-refractivity contribution in [2.45, 2.75) is 6.92 Å². The summed E-state index contributed by atoms with van der Waals surface area (Å²) in [6.45, 7) is 2.01. The largest absolute Gasteiger partial charge is 0.493 e. The van der Waals surface area contributed by atoms with Gasteiger partial charge in [-0.15, -0.1) is 0 Å². The summed E-state index contributed by atoms with van der Waals surface area (Å²) in [5, 5.41) is 0. The second kappa shape index (κ2) is 4.72. The Hall–Kier alpha value is -0.650. The Kier molecular flexibility index (Phi) is 3.86. The molecule has 0 radical (unpaired) electrons. The van der Waals surface area contributed by atoms with Gasteiger partial charge >= 0.3 is 0 Å². The number of ether oxygens (including phenoxy) is 3. The first kappa shape index (κ1) is 11.4. The maximum absolute atomic E-state index is 5.28. The maximum Gasteiger partial charge on any atom is 0.204 e. The molecule has 0 saturated heterocycles. The van der Waals surface area contributed by atoms with E-state index in [1.165, 1.54) is 0 Å². The van der Waals surface area contributed by atoms with Crippen LogP contribution in [0.4, 0.5) is 0 Å². The van der Waals surface area contributed by atoms with E-state index in [1.807, 2.05) is 13.0 Å². The van der Waals surface area contributed by atoms with Crippen LogP contribution < -0.4 is 14.2 Å². The van der Waals surface area contributed by atoms with Gasteiger partial charge in [0.2, 0.25) is 5.75 Å². The SMILES string of the molecule is COc1cc(C)c(I)c(OC)c1OC. The Morgan fingerprint density at radius 1 is 1.00 bits per heavy atom. The van der Waals surface area contributed by atoms with Crippen LogP contribution in [-0.2, 0) is 0 Å². The molecule has 3 nitrogen and oxygen atoms in total. The van der Waals surface area contributed by atoms with E-state index < -0.39 is 0 Å². The minimum absolute atomic E-state index is 0.644. The van der Waals surface area contributed by atoms with Gasteiger partial charge in [0.05, 0.1) is 24.9 Å². The lowest BCUT2D eigenvalue weighted by Gasteiger charge is -2.14. The highest BCUT2D eigenvalue weighted by atomic mass is 127. The van der Waals surface area contributed by atoms with Gasteiger partial charge in [0.15, 0.2) is 11.5 Å². The monoisotopic (exact) mass is 308 g/mol. The Labute approximate surface area is 97.5 Å². The van der Waals surface area contributed by atoms with E-state index in [0.717, 1.165) is 14.9 Å². The molecule has 0 aliphatic heterocycles. The molecular weight excluding hydrogens is 295 g/mol. The smallest absolute Gasteiger partial charge is 0.204 e. The minimum atomic E-state index is 0.644. The first-order valence-corrected chi connectivity index (χ1v) is 5.18. The van der Waals surface area contributed by atoms with E-state index in [4.69, 9.17) is 14.2 Å². The molecule has 0 saturated carbocycles. The summed E-state index contributed by atoms with van der Waals surface area (Å²) < 4.78 is 16.8. The molecule has 1 rings (SSSR count). The number of rotatable bonds is 3. The minimum Gasteiger partial charge on any atom is -0.493 e. The zero-order chi connectivity index (χ0) is 10.7. The average Bonchev–Trinajstić information content (AvgIpc) is 2.20. The lowest BCUT2D eigenvalue weighted by atomic mass is 10.2. The molecule has 0 aliphatic rings. The van der Waals surface area contributed by atoms with Gasteiger partial charge in [-0.2, -0.15) is 0 Å². The number of aryl methyl sites for hydroxylation is 1. The molecule has 0 N–H and O–H groups in total. The molecule has 0 aliphatic carbocycles. The van der Waals surface area contributed by atoms with Crippen LogP contribution in [0.5, 0.6) is 17.2 Å². The summed E-state index contributed by atoms with van der Waals surface area (Å²) in [6.07, 6.45) is 0. The fourth-order valence-electron chi connectivity index (χ4n) is 1.24. The van der Waals surface area contributed by atoms with E-state index in [9.17, 15) is 0 Å². The topological polar surface area (TPSA) is 27.7 Å². The van der Waals surface area contributed by atoms with E-state index in [-0.39, 0.29) is 0 Å². The molecule has 0 bridgehead atoms. The Balaban J connectivity index is 3.42. The second-order valence-corrected chi connectivity index (χ2v) is 3.85. The first-order chi connectivity index (χ1) is 6.65. The van der Waals surface area contributed by atoms with Gasteiger partial charge in [-0.3, -0.25) is 0 Å². The van der Waals surface area contributed by atoms with Crippen LogP contribution in [-0.4, -0.2) is 21.3 Å². The van der Waals surface area contributed by atoms with Crippen LogP contribution in [0.2, 0.25) is 0 Å². The van der Waals surface area contributed by atoms with Gasteiger partial charge in [0.25, 0.3) is 0 Å². The standard InChI is InChI=1S/C10H13IO3/c1-6-5-7(12-2)9(13-3)10(14-4)8(6)11/h5H,1-4H3. The van der Waals surface area contributed by atoms with Gasteiger partial charge in [0.1, 0.15) is 0 Å². The predicted molar refractivity (Wildman–Crippen MR) is 63.6 cm³/mol. The van der Waals surface area contributed by atoms with Crippen molar-refractivity contribution >= 4 is 22.6 Å². The van der Waals surface area contributed by atoms with Gasteiger partial charge in [-0.25, -0.2) is 0 Å². The van der Waals surface area contributed by atoms with Crippen LogP contribution in [0.1, 0.15) is 5.56 Å². The molecule has 4 heteroatoms. The van der Waals surface area contributed by atoms with E-state index in [1.54, 1.807) is 21.3 Å². The normalized spacial score (nSPS) is 9.79. The summed E-state index contributed by atoms with van der Waals surface area (Å²) in [5.41, 5.74) is 1.11. The molecule has 0 fully saturated rings. The van der Waals surface area contributed by atoms with Gasteiger partial charge in [-0.1, -0.05) is 0 Å². The number of hydrogen-bond donors (Lipinski definition) is 0. The third-order valence-electron chi connectivity index (χ3n) is 1.95. The summed E-state index contributed by atoms with van der Waals surface area (Å²) in [7, 11) is 4.84. The molecule has 0 amide bonds. The van der Waals surface area contributed by atoms with Crippen molar-refractivity contribution in [3.05, 3.63) is 15.2 Å². The maximum atomic E-state index is 5.28. The molecule has 0 spiro atoms. The van der Waals surface area contributed by atoms with Crippen molar-refractivity contribution in [1.29, 1.82) is 0 Å². The van der Waals surface area contributed by atoms with Gasteiger partial charge in [-0.05, 0) is 41.1 Å². The van der Waals surface area contributed by atoms with Crippen molar-refractivity contribution < 1.29 is 14.2 Å². The Morgan fingerprint density at radius 2 is 1.57 bits per heavy atom. The van der Waals surface area contributed by atoms with Crippen LogP contribution in [0.25, 0.3) is 0 Å². The van der Waals surface area contributed by atoms with Crippen molar-refractivity contribution in [1.82, 2.24) is 0 Å². The average molecular weight is 308 g/mol. The second-order valence-electron chi connectivity index (χ2n) is 2.78. The highest BCUT2D eigenvalue weighted by Crippen LogP contribution is 2.42. The predicted octanol–water partition coefficient (Wildman–Crippen LogP) is 2.63. The molecule has 78 valence electrons. The lowest BCUT2D eigenvalue weighted by molar-refractivity contribution is 0.322. The number of halogens is 1. The van der Waals surface area contributed by atoms with Crippen molar-refractivity contribution in [3.63, 3.8) is 0 Å². The molecular formula is C10H13IO3. The van der Waals surface area contributed by atoms with Gasteiger partial charge < -0.3 is 14.2 Å². The summed E-state index contributed by atoms with van der Waals surface area (Å²) in [4.78, 5) is 0. The number of methoxy groups -OCH3 is 3. The van der Waals surface area contributed by atoms with Crippen LogP contribution >= 0.6 is 22.6 Å². The molecule has 1 aromatic rings. The number of benzene rings is 1. The summed E-state index contributed by atoms with van der Waals surface area (Å²) in [5.74, 6) is 2.07. The van der Waals surface area contributed by atoms with Crippen molar-refractivity contribution in [3.8, 4) is 17.2 Å². The van der Waals surface area contributed by atoms with Gasteiger partial charge in [0, 0.05) is 0 Å². The molecule has 0 aromatic heterocycles. The fraction of sp³-hybridized carbons (Fsp3) is 0.400. The summed E-state index contributed by atoms with van der Waals surface area (Å²) in [6, 6.07) is 1.93. The molecule has 0 heterocycles. The lowest BCUT2D eigenvalue weighted by Crippen LogP contribution is -1.98. The molecule has 0 atom stereocenters. The molecule has 14 heavy (non-hydrogen) atoms.